The Morgan fingerprint density at radius 1 is 1.26 bits per heavy atom. The van der Waals surface area contributed by atoms with Crippen molar-refractivity contribution in [2.24, 2.45) is 0 Å². The van der Waals surface area contributed by atoms with Crippen LogP contribution in [-0.4, -0.2) is 31.3 Å². The van der Waals surface area contributed by atoms with Crippen LogP contribution in [0.1, 0.15) is 42.0 Å². The van der Waals surface area contributed by atoms with Crippen molar-refractivity contribution >= 4 is 39.8 Å². The summed E-state index contributed by atoms with van der Waals surface area (Å²) in [5, 5.41) is 18.4. The van der Waals surface area contributed by atoms with Gasteiger partial charge in [0.25, 0.3) is 0 Å². The van der Waals surface area contributed by atoms with Gasteiger partial charge in [-0.15, -0.1) is 0 Å². The maximum absolute atomic E-state index is 9.61. The van der Waals surface area contributed by atoms with Gasteiger partial charge in [-0.1, -0.05) is 36.2 Å². The first kappa shape index (κ1) is 24.6. The lowest BCUT2D eigenvalue weighted by molar-refractivity contribution is 0.104. The van der Waals surface area contributed by atoms with Gasteiger partial charge >= 0.3 is 0 Å². The summed E-state index contributed by atoms with van der Waals surface area (Å²) in [6.45, 7) is 4.52. The third kappa shape index (κ3) is 5.39. The molecule has 0 saturated carbocycles. The van der Waals surface area contributed by atoms with E-state index in [0.29, 0.717) is 47.3 Å². The zero-order chi connectivity index (χ0) is 24.1. The molecule has 2 aromatic carbocycles. The first-order valence-corrected chi connectivity index (χ1v) is 12.2. The number of anilines is 1. The number of ether oxygens (including phenoxy) is 2. The van der Waals surface area contributed by atoms with E-state index >= 15 is 0 Å². The van der Waals surface area contributed by atoms with E-state index in [4.69, 9.17) is 37.7 Å². The van der Waals surface area contributed by atoms with Gasteiger partial charge in [0, 0.05) is 23.5 Å². The van der Waals surface area contributed by atoms with Crippen LogP contribution in [0.2, 0.25) is 10.2 Å². The second kappa shape index (κ2) is 11.2. The summed E-state index contributed by atoms with van der Waals surface area (Å²) in [6, 6.07) is 12.1. The number of aryl methyl sites for hydroxylation is 1. The molecule has 1 aliphatic rings. The monoisotopic (exact) mass is 498 g/mol. The summed E-state index contributed by atoms with van der Waals surface area (Å²) in [6.07, 6.45) is 3.02. The highest BCUT2D eigenvalue weighted by atomic mass is 35.5. The molecular weight excluding hydrogens is 471 g/mol. The van der Waals surface area contributed by atoms with E-state index < -0.39 is 0 Å². The SMILES string of the molecule is CCc1cc(C#N)cc2c(NCc3ccc(OC)c(Cl)c3)c(COCC3CCCN3)c(Cl)nc12. The molecule has 1 aromatic heterocycles. The quantitative estimate of drug-likeness (QED) is 0.359. The van der Waals surface area contributed by atoms with E-state index in [1.54, 1.807) is 7.11 Å². The summed E-state index contributed by atoms with van der Waals surface area (Å²) in [5.74, 6) is 0.628. The fourth-order valence-electron chi connectivity index (χ4n) is 4.33. The van der Waals surface area contributed by atoms with Crippen molar-refractivity contribution in [2.75, 3.05) is 25.6 Å². The number of fused-ring (bicyclic) bond motifs is 1. The number of benzene rings is 2. The number of rotatable bonds is 9. The van der Waals surface area contributed by atoms with Crippen LogP contribution in [0.15, 0.2) is 30.3 Å². The Kier molecular flexibility index (Phi) is 8.12. The molecule has 3 aromatic rings. The fourth-order valence-corrected chi connectivity index (χ4v) is 4.84. The van der Waals surface area contributed by atoms with Crippen molar-refractivity contribution in [2.45, 2.75) is 45.4 Å². The maximum Gasteiger partial charge on any atom is 0.137 e. The van der Waals surface area contributed by atoms with Gasteiger partial charge in [0.05, 0.1) is 48.2 Å². The van der Waals surface area contributed by atoms with Gasteiger partial charge in [0.2, 0.25) is 0 Å². The molecule has 1 aliphatic heterocycles. The molecule has 34 heavy (non-hydrogen) atoms. The number of methoxy groups -OCH3 is 1. The molecule has 0 aliphatic carbocycles. The predicted molar refractivity (Wildman–Crippen MR) is 137 cm³/mol. The molecular formula is C26H28Cl2N4O2. The lowest BCUT2D eigenvalue weighted by atomic mass is 10.0. The van der Waals surface area contributed by atoms with Crippen LogP contribution in [0, 0.1) is 11.3 Å². The van der Waals surface area contributed by atoms with Gasteiger partial charge in [-0.05, 0) is 61.2 Å². The average Bonchev–Trinajstić information content (AvgIpc) is 3.36. The summed E-state index contributed by atoms with van der Waals surface area (Å²) in [7, 11) is 1.59. The van der Waals surface area contributed by atoms with E-state index in [-0.39, 0.29) is 0 Å². The second-order valence-electron chi connectivity index (χ2n) is 8.38. The number of hydrogen-bond donors (Lipinski definition) is 2. The molecule has 0 bridgehead atoms. The number of nitriles is 1. The Labute approximate surface area is 210 Å². The molecule has 2 N–H and O–H groups in total. The van der Waals surface area contributed by atoms with Gasteiger partial charge in [-0.3, -0.25) is 0 Å². The zero-order valence-electron chi connectivity index (χ0n) is 19.4. The molecule has 4 rings (SSSR count). The number of hydrogen-bond acceptors (Lipinski definition) is 6. The summed E-state index contributed by atoms with van der Waals surface area (Å²) in [4.78, 5) is 4.71. The van der Waals surface area contributed by atoms with Gasteiger partial charge in [0.15, 0.2) is 0 Å². The summed E-state index contributed by atoms with van der Waals surface area (Å²) in [5.41, 5.74) is 4.96. The Bertz CT molecular complexity index is 1220. The molecule has 2 heterocycles. The topological polar surface area (TPSA) is 79.2 Å². The average molecular weight is 499 g/mol. The van der Waals surface area contributed by atoms with E-state index in [9.17, 15) is 5.26 Å². The highest BCUT2D eigenvalue weighted by molar-refractivity contribution is 6.32. The lowest BCUT2D eigenvalue weighted by Gasteiger charge is -2.19. The Hall–Kier alpha value is -2.56. The summed E-state index contributed by atoms with van der Waals surface area (Å²) >= 11 is 13.0. The first-order valence-electron chi connectivity index (χ1n) is 11.5. The molecule has 1 saturated heterocycles. The lowest BCUT2D eigenvalue weighted by Crippen LogP contribution is -2.26. The molecule has 0 radical (unpaired) electrons. The molecule has 6 nitrogen and oxygen atoms in total. The van der Waals surface area contributed by atoms with E-state index in [0.717, 1.165) is 52.7 Å². The van der Waals surface area contributed by atoms with Crippen LogP contribution in [0.25, 0.3) is 10.9 Å². The number of halogens is 2. The number of nitrogens with one attached hydrogen (secondary N) is 2. The van der Waals surface area contributed by atoms with E-state index in [1.165, 1.54) is 6.42 Å². The Morgan fingerprint density at radius 3 is 2.79 bits per heavy atom. The second-order valence-corrected chi connectivity index (χ2v) is 9.15. The summed E-state index contributed by atoms with van der Waals surface area (Å²) < 4.78 is 11.3. The maximum atomic E-state index is 9.61. The van der Waals surface area contributed by atoms with Crippen molar-refractivity contribution < 1.29 is 9.47 Å². The molecule has 8 heteroatoms. The minimum atomic E-state index is 0.323. The van der Waals surface area contributed by atoms with Crippen LogP contribution in [0.3, 0.4) is 0 Å². The van der Waals surface area contributed by atoms with Crippen molar-refractivity contribution in [3.05, 3.63) is 62.8 Å². The largest absolute Gasteiger partial charge is 0.495 e. The van der Waals surface area contributed by atoms with Crippen LogP contribution in [0.4, 0.5) is 5.69 Å². The fraction of sp³-hybridized carbons (Fsp3) is 0.385. The van der Waals surface area contributed by atoms with Crippen LogP contribution in [0.5, 0.6) is 5.75 Å². The molecule has 178 valence electrons. The van der Waals surface area contributed by atoms with E-state index in [1.807, 2.05) is 37.3 Å². The number of aromatic nitrogens is 1. The van der Waals surface area contributed by atoms with Crippen LogP contribution >= 0.6 is 23.2 Å². The molecule has 0 amide bonds. The number of nitrogens with zero attached hydrogens (tertiary/aromatic N) is 2. The van der Waals surface area contributed by atoms with E-state index in [2.05, 4.69) is 16.7 Å². The zero-order valence-corrected chi connectivity index (χ0v) is 20.9. The highest BCUT2D eigenvalue weighted by Gasteiger charge is 2.19. The molecule has 1 unspecified atom stereocenters. The van der Waals surface area contributed by atoms with Crippen LogP contribution in [-0.2, 0) is 24.3 Å². The van der Waals surface area contributed by atoms with Gasteiger partial charge in [-0.2, -0.15) is 5.26 Å². The highest BCUT2D eigenvalue weighted by Crippen LogP contribution is 2.35. The third-order valence-corrected chi connectivity index (χ3v) is 6.75. The minimum absolute atomic E-state index is 0.323. The van der Waals surface area contributed by atoms with Gasteiger partial charge in [-0.25, -0.2) is 4.98 Å². The third-order valence-electron chi connectivity index (χ3n) is 6.14. The van der Waals surface area contributed by atoms with Gasteiger partial charge in [0.1, 0.15) is 10.9 Å². The van der Waals surface area contributed by atoms with Crippen molar-refractivity contribution in [3.63, 3.8) is 0 Å². The van der Waals surface area contributed by atoms with Crippen LogP contribution < -0.4 is 15.4 Å². The predicted octanol–water partition coefficient (Wildman–Crippen LogP) is 5.86. The standard InChI is InChI=1S/C26H28Cl2N4O2/c1-3-18-9-17(12-29)10-20-24(18)32-26(28)21(15-34-14-19-5-4-8-30-19)25(20)31-13-16-6-7-23(33-2)22(27)11-16/h6-7,9-11,19,30H,3-5,8,13-15H2,1-2H3,(H,31,32). The Morgan fingerprint density at radius 2 is 2.12 bits per heavy atom. The Balaban J connectivity index is 1.71. The van der Waals surface area contributed by atoms with Crippen molar-refractivity contribution in [3.8, 4) is 11.8 Å². The molecule has 0 spiro atoms. The smallest absolute Gasteiger partial charge is 0.137 e. The normalized spacial score (nSPS) is 15.4. The molecule has 1 fully saturated rings. The van der Waals surface area contributed by atoms with Crippen molar-refractivity contribution in [1.82, 2.24) is 10.3 Å². The first-order chi connectivity index (χ1) is 16.5. The van der Waals surface area contributed by atoms with Gasteiger partial charge < -0.3 is 20.1 Å². The number of pyridine rings is 1. The van der Waals surface area contributed by atoms with Crippen molar-refractivity contribution in [1.29, 1.82) is 5.26 Å². The molecule has 1 atom stereocenters. The minimum Gasteiger partial charge on any atom is -0.495 e.